The first kappa shape index (κ1) is 15.0. The highest BCUT2D eigenvalue weighted by atomic mass is 35.5. The van der Waals surface area contributed by atoms with E-state index in [1.807, 2.05) is 0 Å². The Hall–Kier alpha value is -1.42. The molecular formula is C14H10Cl3NO2. The van der Waals surface area contributed by atoms with Crippen molar-refractivity contribution < 1.29 is 9.90 Å². The van der Waals surface area contributed by atoms with Crippen LogP contribution in [0.25, 0.3) is 0 Å². The van der Waals surface area contributed by atoms with Crippen LogP contribution in [0.5, 0.6) is 0 Å². The van der Waals surface area contributed by atoms with Crippen molar-refractivity contribution in [1.82, 2.24) is 0 Å². The molecule has 0 radical (unpaired) electrons. The fourth-order valence-corrected chi connectivity index (χ4v) is 2.31. The standard InChI is InChI=1S/C14H10Cl3NO2/c15-10-3-1-9(12(17)6-10)7-18-13-5-8(14(19)20)2-4-11(13)16/h1-6,18H,7H2,(H,19,20). The van der Waals surface area contributed by atoms with E-state index in [-0.39, 0.29) is 5.56 Å². The SMILES string of the molecule is O=C(O)c1ccc(Cl)c(NCc2ccc(Cl)cc2Cl)c1. The zero-order chi connectivity index (χ0) is 14.7. The summed E-state index contributed by atoms with van der Waals surface area (Å²) in [5.74, 6) is -1.01. The van der Waals surface area contributed by atoms with Gasteiger partial charge >= 0.3 is 5.97 Å². The second-order valence-electron chi connectivity index (χ2n) is 4.09. The molecule has 0 saturated heterocycles. The Morgan fingerprint density at radius 1 is 1.05 bits per heavy atom. The molecule has 0 heterocycles. The molecule has 6 heteroatoms. The summed E-state index contributed by atoms with van der Waals surface area (Å²) in [6, 6.07) is 9.65. The summed E-state index contributed by atoms with van der Waals surface area (Å²) in [6.45, 7) is 0.415. The second-order valence-corrected chi connectivity index (χ2v) is 5.34. The minimum absolute atomic E-state index is 0.166. The van der Waals surface area contributed by atoms with Gasteiger partial charge < -0.3 is 10.4 Å². The van der Waals surface area contributed by atoms with Gasteiger partial charge in [-0.1, -0.05) is 40.9 Å². The molecule has 0 fully saturated rings. The quantitative estimate of drug-likeness (QED) is 0.833. The number of hydrogen-bond donors (Lipinski definition) is 2. The Morgan fingerprint density at radius 2 is 1.80 bits per heavy atom. The average Bonchev–Trinajstić information content (AvgIpc) is 2.39. The molecule has 0 bridgehead atoms. The van der Waals surface area contributed by atoms with E-state index in [2.05, 4.69) is 5.32 Å². The molecule has 2 rings (SSSR count). The van der Waals surface area contributed by atoms with Crippen molar-refractivity contribution in [2.24, 2.45) is 0 Å². The second kappa shape index (κ2) is 6.35. The maximum atomic E-state index is 10.9. The molecule has 0 amide bonds. The summed E-state index contributed by atoms with van der Waals surface area (Å²) in [5.41, 5.74) is 1.55. The molecular weight excluding hydrogens is 321 g/mol. The first-order valence-corrected chi connectivity index (χ1v) is 6.81. The average molecular weight is 331 g/mol. The smallest absolute Gasteiger partial charge is 0.335 e. The summed E-state index contributed by atoms with van der Waals surface area (Å²) < 4.78 is 0. The van der Waals surface area contributed by atoms with Gasteiger partial charge in [-0.25, -0.2) is 4.79 Å². The number of nitrogens with one attached hydrogen (secondary N) is 1. The van der Waals surface area contributed by atoms with Gasteiger partial charge in [0.05, 0.1) is 16.3 Å². The maximum absolute atomic E-state index is 10.9. The number of carbonyl (C=O) groups is 1. The number of anilines is 1. The first-order valence-electron chi connectivity index (χ1n) is 5.68. The van der Waals surface area contributed by atoms with E-state index in [1.165, 1.54) is 18.2 Å². The van der Waals surface area contributed by atoms with Crippen LogP contribution in [0.4, 0.5) is 5.69 Å². The van der Waals surface area contributed by atoms with E-state index in [0.717, 1.165) is 5.56 Å². The number of hydrogen-bond acceptors (Lipinski definition) is 2. The van der Waals surface area contributed by atoms with Gasteiger partial charge in [-0.2, -0.15) is 0 Å². The van der Waals surface area contributed by atoms with E-state index in [0.29, 0.717) is 27.3 Å². The number of carboxylic acid groups (broad SMARTS) is 1. The van der Waals surface area contributed by atoms with Crippen LogP contribution < -0.4 is 5.32 Å². The van der Waals surface area contributed by atoms with Crippen LogP contribution in [-0.4, -0.2) is 11.1 Å². The molecule has 0 saturated carbocycles. The zero-order valence-electron chi connectivity index (χ0n) is 10.2. The molecule has 0 unspecified atom stereocenters. The van der Waals surface area contributed by atoms with Crippen molar-refractivity contribution in [3.8, 4) is 0 Å². The molecule has 104 valence electrons. The Labute approximate surface area is 131 Å². The van der Waals surface area contributed by atoms with Crippen molar-refractivity contribution in [3.05, 3.63) is 62.6 Å². The van der Waals surface area contributed by atoms with Crippen molar-refractivity contribution in [2.45, 2.75) is 6.54 Å². The van der Waals surface area contributed by atoms with Gasteiger partial charge in [0.15, 0.2) is 0 Å². The molecule has 2 aromatic rings. The zero-order valence-corrected chi connectivity index (χ0v) is 12.4. The van der Waals surface area contributed by atoms with E-state index in [1.54, 1.807) is 18.2 Å². The van der Waals surface area contributed by atoms with E-state index >= 15 is 0 Å². The molecule has 0 aliphatic carbocycles. The van der Waals surface area contributed by atoms with Crippen molar-refractivity contribution >= 4 is 46.5 Å². The third-order valence-electron chi connectivity index (χ3n) is 2.70. The number of carboxylic acids is 1. The van der Waals surface area contributed by atoms with Crippen molar-refractivity contribution in [3.63, 3.8) is 0 Å². The van der Waals surface area contributed by atoms with Gasteiger partial charge in [0.25, 0.3) is 0 Å². The predicted octanol–water partition coefficient (Wildman–Crippen LogP) is 4.96. The van der Waals surface area contributed by atoms with Crippen molar-refractivity contribution in [2.75, 3.05) is 5.32 Å². The van der Waals surface area contributed by atoms with Gasteiger partial charge in [0.2, 0.25) is 0 Å². The number of aromatic carboxylic acids is 1. The first-order chi connectivity index (χ1) is 9.47. The van der Waals surface area contributed by atoms with Crippen LogP contribution >= 0.6 is 34.8 Å². The molecule has 0 aliphatic heterocycles. The lowest BCUT2D eigenvalue weighted by atomic mass is 10.2. The van der Waals surface area contributed by atoms with Gasteiger partial charge in [-0.3, -0.25) is 0 Å². The topological polar surface area (TPSA) is 49.3 Å². The van der Waals surface area contributed by atoms with E-state index < -0.39 is 5.97 Å². The van der Waals surface area contributed by atoms with Crippen LogP contribution in [-0.2, 0) is 6.54 Å². The van der Waals surface area contributed by atoms with Crippen LogP contribution in [0.1, 0.15) is 15.9 Å². The van der Waals surface area contributed by atoms with E-state index in [4.69, 9.17) is 39.9 Å². The number of rotatable bonds is 4. The normalized spacial score (nSPS) is 10.3. The molecule has 0 aromatic heterocycles. The Bertz CT molecular complexity index is 659. The molecule has 2 aromatic carbocycles. The summed E-state index contributed by atoms with van der Waals surface area (Å²) in [5, 5.41) is 13.6. The Morgan fingerprint density at radius 3 is 2.45 bits per heavy atom. The lowest BCUT2D eigenvalue weighted by molar-refractivity contribution is 0.0697. The van der Waals surface area contributed by atoms with Crippen LogP contribution in [0.3, 0.4) is 0 Å². The fourth-order valence-electron chi connectivity index (χ4n) is 1.65. The summed E-state index contributed by atoms with van der Waals surface area (Å²) in [7, 11) is 0. The molecule has 0 spiro atoms. The monoisotopic (exact) mass is 329 g/mol. The van der Waals surface area contributed by atoms with Gasteiger partial charge in [-0.15, -0.1) is 0 Å². The van der Waals surface area contributed by atoms with Crippen LogP contribution in [0, 0.1) is 0 Å². The fraction of sp³-hybridized carbons (Fsp3) is 0.0714. The summed E-state index contributed by atoms with van der Waals surface area (Å²) in [6.07, 6.45) is 0. The molecule has 0 aliphatic rings. The lowest BCUT2D eigenvalue weighted by Crippen LogP contribution is -2.03. The lowest BCUT2D eigenvalue weighted by Gasteiger charge is -2.10. The highest BCUT2D eigenvalue weighted by molar-refractivity contribution is 6.35. The number of halogens is 3. The summed E-state index contributed by atoms with van der Waals surface area (Å²) in [4.78, 5) is 10.9. The van der Waals surface area contributed by atoms with Gasteiger partial charge in [0.1, 0.15) is 0 Å². The highest BCUT2D eigenvalue weighted by Gasteiger charge is 2.08. The number of benzene rings is 2. The maximum Gasteiger partial charge on any atom is 0.335 e. The minimum atomic E-state index is -1.01. The minimum Gasteiger partial charge on any atom is -0.478 e. The van der Waals surface area contributed by atoms with Crippen LogP contribution in [0.2, 0.25) is 15.1 Å². The van der Waals surface area contributed by atoms with E-state index in [9.17, 15) is 4.79 Å². The molecule has 0 atom stereocenters. The summed E-state index contributed by atoms with van der Waals surface area (Å²) >= 11 is 17.9. The van der Waals surface area contributed by atoms with Gasteiger partial charge in [0, 0.05) is 16.6 Å². The molecule has 20 heavy (non-hydrogen) atoms. The largest absolute Gasteiger partial charge is 0.478 e. The van der Waals surface area contributed by atoms with Crippen molar-refractivity contribution in [1.29, 1.82) is 0 Å². The van der Waals surface area contributed by atoms with Crippen LogP contribution in [0.15, 0.2) is 36.4 Å². The third kappa shape index (κ3) is 3.57. The third-order valence-corrected chi connectivity index (χ3v) is 3.61. The molecule has 3 nitrogen and oxygen atoms in total. The Balaban J connectivity index is 2.18. The van der Waals surface area contributed by atoms with Gasteiger partial charge in [-0.05, 0) is 35.9 Å². The predicted molar refractivity (Wildman–Crippen MR) is 82.2 cm³/mol. The highest BCUT2D eigenvalue weighted by Crippen LogP contribution is 2.26. The molecule has 2 N–H and O–H groups in total. The Kier molecular flexibility index (Phi) is 4.76.